The number of amides is 1. The van der Waals surface area contributed by atoms with Crippen molar-refractivity contribution in [2.75, 3.05) is 6.54 Å². The van der Waals surface area contributed by atoms with E-state index in [1.54, 1.807) is 9.58 Å². The third kappa shape index (κ3) is 2.67. The number of aryl methyl sites for hydroxylation is 1. The Morgan fingerprint density at radius 2 is 2.17 bits per heavy atom. The van der Waals surface area contributed by atoms with E-state index in [1.165, 1.54) is 6.07 Å². The van der Waals surface area contributed by atoms with Gasteiger partial charge in [0, 0.05) is 31.8 Å². The monoisotopic (exact) mass is 313 g/mol. The van der Waals surface area contributed by atoms with Crippen molar-refractivity contribution in [1.29, 1.82) is 0 Å². The highest BCUT2D eigenvalue weighted by Gasteiger charge is 2.34. The van der Waals surface area contributed by atoms with Crippen LogP contribution in [0.4, 0.5) is 0 Å². The van der Waals surface area contributed by atoms with Crippen LogP contribution in [0.25, 0.3) is 0 Å². The molecule has 1 aliphatic heterocycles. The zero-order valence-electron chi connectivity index (χ0n) is 13.0. The molecule has 3 heterocycles. The van der Waals surface area contributed by atoms with Gasteiger partial charge in [-0.2, -0.15) is 5.10 Å². The summed E-state index contributed by atoms with van der Waals surface area (Å²) in [5.74, 6) is 0.779. The number of hydrogen-bond acceptors (Lipinski definition) is 4. The second-order valence-corrected chi connectivity index (χ2v) is 6.36. The molecular weight excluding hydrogens is 294 g/mol. The SMILES string of the molecule is Cn1ccc(C2CCCN2C(=O)c2cc(=O)[nH]c(C3CC3)n2)n1. The average Bonchev–Trinajstić information content (AvgIpc) is 3.11. The van der Waals surface area contributed by atoms with Gasteiger partial charge in [0.15, 0.2) is 0 Å². The van der Waals surface area contributed by atoms with Crippen molar-refractivity contribution in [1.82, 2.24) is 24.6 Å². The molecule has 2 fully saturated rings. The number of rotatable bonds is 3. The minimum Gasteiger partial charge on any atom is -0.329 e. The maximum atomic E-state index is 12.9. The molecule has 23 heavy (non-hydrogen) atoms. The Bertz CT molecular complexity index is 805. The van der Waals surface area contributed by atoms with E-state index in [1.807, 2.05) is 19.3 Å². The van der Waals surface area contributed by atoms with Gasteiger partial charge >= 0.3 is 0 Å². The second-order valence-electron chi connectivity index (χ2n) is 6.36. The Balaban J connectivity index is 1.64. The van der Waals surface area contributed by atoms with E-state index in [-0.39, 0.29) is 23.2 Å². The number of aromatic nitrogens is 4. The molecule has 0 radical (unpaired) electrons. The van der Waals surface area contributed by atoms with E-state index in [2.05, 4.69) is 15.1 Å². The first kappa shape index (κ1) is 14.2. The summed E-state index contributed by atoms with van der Waals surface area (Å²) in [4.78, 5) is 33.6. The molecule has 1 amide bonds. The van der Waals surface area contributed by atoms with Crippen molar-refractivity contribution in [2.24, 2.45) is 7.05 Å². The number of hydrogen-bond donors (Lipinski definition) is 1. The van der Waals surface area contributed by atoms with Gasteiger partial charge < -0.3 is 9.88 Å². The second kappa shape index (κ2) is 5.33. The van der Waals surface area contributed by atoms with Crippen molar-refractivity contribution in [3.8, 4) is 0 Å². The highest BCUT2D eigenvalue weighted by Crippen LogP contribution is 2.37. The highest BCUT2D eigenvalue weighted by atomic mass is 16.2. The van der Waals surface area contributed by atoms with Crippen LogP contribution in [0.1, 0.15) is 59.6 Å². The number of nitrogens with zero attached hydrogens (tertiary/aromatic N) is 4. The minimum absolute atomic E-state index is 0.0332. The third-order valence-corrected chi connectivity index (χ3v) is 4.53. The fraction of sp³-hybridized carbons (Fsp3) is 0.500. The Kier molecular flexibility index (Phi) is 3.28. The van der Waals surface area contributed by atoms with Gasteiger partial charge in [0.25, 0.3) is 11.5 Å². The number of H-pyrrole nitrogens is 1. The summed E-state index contributed by atoms with van der Waals surface area (Å²) < 4.78 is 1.74. The molecule has 1 aliphatic carbocycles. The molecule has 2 aliphatic rings. The first-order valence-corrected chi connectivity index (χ1v) is 8.03. The van der Waals surface area contributed by atoms with E-state index in [0.717, 1.165) is 31.4 Å². The van der Waals surface area contributed by atoms with E-state index in [4.69, 9.17) is 0 Å². The van der Waals surface area contributed by atoms with Crippen LogP contribution in [-0.4, -0.2) is 37.1 Å². The summed E-state index contributed by atoms with van der Waals surface area (Å²) >= 11 is 0. The van der Waals surface area contributed by atoms with Crippen molar-refractivity contribution >= 4 is 5.91 Å². The molecule has 1 unspecified atom stereocenters. The lowest BCUT2D eigenvalue weighted by atomic mass is 10.1. The third-order valence-electron chi connectivity index (χ3n) is 4.53. The molecule has 7 nitrogen and oxygen atoms in total. The zero-order chi connectivity index (χ0) is 16.0. The molecule has 7 heteroatoms. The molecule has 0 spiro atoms. The molecule has 2 aromatic heterocycles. The van der Waals surface area contributed by atoms with Crippen molar-refractivity contribution in [3.63, 3.8) is 0 Å². The molecule has 1 saturated heterocycles. The van der Waals surface area contributed by atoms with E-state index < -0.39 is 0 Å². The number of carbonyl (C=O) groups is 1. The maximum Gasteiger partial charge on any atom is 0.273 e. The number of nitrogens with one attached hydrogen (secondary N) is 1. The highest BCUT2D eigenvalue weighted by molar-refractivity contribution is 5.92. The van der Waals surface area contributed by atoms with Crippen LogP contribution in [-0.2, 0) is 7.05 Å². The van der Waals surface area contributed by atoms with Crippen LogP contribution < -0.4 is 5.56 Å². The Labute approximate surface area is 133 Å². The molecule has 4 rings (SSSR count). The van der Waals surface area contributed by atoms with Crippen molar-refractivity contribution in [3.05, 3.63) is 45.9 Å². The van der Waals surface area contributed by atoms with Crippen molar-refractivity contribution in [2.45, 2.75) is 37.6 Å². The lowest BCUT2D eigenvalue weighted by Gasteiger charge is -2.23. The fourth-order valence-electron chi connectivity index (χ4n) is 3.21. The van der Waals surface area contributed by atoms with Crippen LogP contribution in [0.15, 0.2) is 23.1 Å². The van der Waals surface area contributed by atoms with Crippen LogP contribution >= 0.6 is 0 Å². The molecule has 1 saturated carbocycles. The first-order chi connectivity index (χ1) is 11.1. The van der Waals surface area contributed by atoms with Crippen LogP contribution in [0.3, 0.4) is 0 Å². The average molecular weight is 313 g/mol. The quantitative estimate of drug-likeness (QED) is 0.927. The van der Waals surface area contributed by atoms with Crippen molar-refractivity contribution < 1.29 is 4.79 Å². The van der Waals surface area contributed by atoms with Gasteiger partial charge in [-0.25, -0.2) is 4.98 Å². The number of carbonyl (C=O) groups excluding carboxylic acids is 1. The molecule has 1 N–H and O–H groups in total. The van der Waals surface area contributed by atoms with Gasteiger partial charge in [-0.05, 0) is 31.7 Å². The van der Waals surface area contributed by atoms with Crippen LogP contribution in [0.2, 0.25) is 0 Å². The van der Waals surface area contributed by atoms with Gasteiger partial charge in [0.2, 0.25) is 0 Å². The Hall–Kier alpha value is -2.44. The van der Waals surface area contributed by atoms with Crippen LogP contribution in [0.5, 0.6) is 0 Å². The zero-order valence-corrected chi connectivity index (χ0v) is 13.0. The van der Waals surface area contributed by atoms with Gasteiger partial charge in [-0.3, -0.25) is 14.3 Å². The number of likely N-dealkylation sites (tertiary alicyclic amines) is 1. The predicted octanol–water partition coefficient (Wildman–Crippen LogP) is 1.36. The Morgan fingerprint density at radius 3 is 2.87 bits per heavy atom. The Morgan fingerprint density at radius 1 is 1.35 bits per heavy atom. The van der Waals surface area contributed by atoms with Gasteiger partial charge in [0.05, 0.1) is 11.7 Å². The van der Waals surface area contributed by atoms with E-state index in [9.17, 15) is 9.59 Å². The predicted molar refractivity (Wildman–Crippen MR) is 83.1 cm³/mol. The standard InChI is InChI=1S/C16H19N5O2/c1-20-8-6-11(19-20)13-3-2-7-21(13)16(23)12-9-14(22)18-15(17-12)10-4-5-10/h6,8-10,13H,2-5,7H2,1H3,(H,17,18,22). The lowest BCUT2D eigenvalue weighted by Crippen LogP contribution is -2.32. The topological polar surface area (TPSA) is 83.9 Å². The smallest absolute Gasteiger partial charge is 0.273 e. The molecular formula is C16H19N5O2. The molecule has 120 valence electrons. The van der Waals surface area contributed by atoms with Gasteiger partial charge in [-0.15, -0.1) is 0 Å². The summed E-state index contributed by atoms with van der Waals surface area (Å²) in [6.45, 7) is 0.674. The molecule has 0 bridgehead atoms. The minimum atomic E-state index is -0.251. The summed E-state index contributed by atoms with van der Waals surface area (Å²) in [5, 5.41) is 4.43. The van der Waals surface area contributed by atoms with Crippen LogP contribution in [0, 0.1) is 0 Å². The summed E-state index contributed by atoms with van der Waals surface area (Å²) in [6, 6.07) is 3.22. The largest absolute Gasteiger partial charge is 0.329 e. The molecule has 0 aromatic carbocycles. The van der Waals surface area contributed by atoms with E-state index in [0.29, 0.717) is 18.3 Å². The molecule has 1 atom stereocenters. The first-order valence-electron chi connectivity index (χ1n) is 8.03. The molecule has 2 aromatic rings. The maximum absolute atomic E-state index is 12.9. The normalized spacial score (nSPS) is 20.9. The lowest BCUT2D eigenvalue weighted by molar-refractivity contribution is 0.0726. The summed E-state index contributed by atoms with van der Waals surface area (Å²) in [5.41, 5.74) is 0.892. The fourth-order valence-corrected chi connectivity index (χ4v) is 3.21. The number of aromatic amines is 1. The summed E-state index contributed by atoms with van der Waals surface area (Å²) in [6.07, 6.45) is 5.77. The summed E-state index contributed by atoms with van der Waals surface area (Å²) in [7, 11) is 1.87. The van der Waals surface area contributed by atoms with Gasteiger partial charge in [-0.1, -0.05) is 0 Å². The van der Waals surface area contributed by atoms with E-state index >= 15 is 0 Å². The van der Waals surface area contributed by atoms with Gasteiger partial charge in [0.1, 0.15) is 11.5 Å².